The Hall–Kier alpha value is -0.740. The molecule has 0 aliphatic rings. The monoisotopic (exact) mass is 296 g/mol. The van der Waals surface area contributed by atoms with Crippen molar-refractivity contribution in [2.45, 2.75) is 89.6 Å². The van der Waals surface area contributed by atoms with E-state index < -0.39 is 18.1 Å². The van der Waals surface area contributed by atoms with Gasteiger partial charge in [-0.3, -0.25) is 0 Å². The van der Waals surface area contributed by atoms with Crippen molar-refractivity contribution in [3.8, 4) is 0 Å². The van der Waals surface area contributed by atoms with Crippen LogP contribution in [-0.2, 0) is 4.79 Å². The van der Waals surface area contributed by atoms with Gasteiger partial charge in [0, 0.05) is 0 Å². The Morgan fingerprint density at radius 2 is 1.35 bits per heavy atom. The van der Waals surface area contributed by atoms with Crippen LogP contribution in [0.5, 0.6) is 0 Å². The molecule has 120 valence electrons. The maximum atomic E-state index is 13.0. The molecular formula is C15H27F3O2. The van der Waals surface area contributed by atoms with Crippen molar-refractivity contribution in [2.24, 2.45) is 0 Å². The zero-order valence-electron chi connectivity index (χ0n) is 12.3. The number of aliphatic carboxylic acids is 1. The molecule has 0 fully saturated rings. The van der Waals surface area contributed by atoms with Gasteiger partial charge < -0.3 is 5.11 Å². The molecule has 1 atom stereocenters. The van der Waals surface area contributed by atoms with E-state index in [0.29, 0.717) is 12.8 Å². The van der Waals surface area contributed by atoms with E-state index in [4.69, 9.17) is 5.11 Å². The van der Waals surface area contributed by atoms with Gasteiger partial charge in [0.25, 0.3) is 0 Å². The molecule has 0 radical (unpaired) electrons. The molecule has 1 N–H and O–H groups in total. The lowest BCUT2D eigenvalue weighted by molar-refractivity contribution is -0.175. The lowest BCUT2D eigenvalue weighted by atomic mass is 10.0. The van der Waals surface area contributed by atoms with E-state index in [0.717, 1.165) is 19.3 Å². The molecule has 0 bridgehead atoms. The maximum Gasteiger partial charge on any atom is 0.377 e. The molecule has 0 aliphatic heterocycles. The molecule has 0 spiro atoms. The van der Waals surface area contributed by atoms with E-state index in [2.05, 4.69) is 6.92 Å². The Morgan fingerprint density at radius 1 is 0.950 bits per heavy atom. The number of carboxylic acids is 1. The van der Waals surface area contributed by atoms with Crippen LogP contribution in [0.3, 0.4) is 0 Å². The molecule has 0 saturated carbocycles. The highest BCUT2D eigenvalue weighted by Crippen LogP contribution is 2.26. The molecule has 20 heavy (non-hydrogen) atoms. The Balaban J connectivity index is 3.42. The summed E-state index contributed by atoms with van der Waals surface area (Å²) in [6.45, 7) is 2.17. The summed E-state index contributed by atoms with van der Waals surface area (Å²) in [7, 11) is 0. The number of halogens is 3. The number of unbranched alkanes of at least 4 members (excludes halogenated alkanes) is 9. The third-order valence-corrected chi connectivity index (χ3v) is 3.49. The van der Waals surface area contributed by atoms with Gasteiger partial charge in [-0.1, -0.05) is 71.1 Å². The van der Waals surface area contributed by atoms with Crippen molar-refractivity contribution >= 4 is 5.97 Å². The number of carboxylic acid groups (broad SMARTS) is 1. The largest absolute Gasteiger partial charge is 0.477 e. The molecule has 2 nitrogen and oxygen atoms in total. The highest BCUT2D eigenvalue weighted by atomic mass is 19.3. The van der Waals surface area contributed by atoms with Crippen LogP contribution in [0.4, 0.5) is 13.2 Å². The maximum absolute atomic E-state index is 13.0. The van der Waals surface area contributed by atoms with Crippen LogP contribution >= 0.6 is 0 Å². The van der Waals surface area contributed by atoms with Gasteiger partial charge in [-0.15, -0.1) is 0 Å². The number of carbonyl (C=O) groups is 1. The van der Waals surface area contributed by atoms with Crippen molar-refractivity contribution in [1.29, 1.82) is 0 Å². The minimum absolute atomic E-state index is 0.319. The predicted molar refractivity (Wildman–Crippen MR) is 73.9 cm³/mol. The van der Waals surface area contributed by atoms with E-state index in [-0.39, 0.29) is 6.42 Å². The molecule has 0 aliphatic carbocycles. The van der Waals surface area contributed by atoms with Crippen LogP contribution in [0.25, 0.3) is 0 Å². The van der Waals surface area contributed by atoms with Gasteiger partial charge in [-0.2, -0.15) is 8.78 Å². The number of hydrogen-bond acceptors (Lipinski definition) is 1. The normalized spacial score (nSPS) is 13.4. The topological polar surface area (TPSA) is 37.3 Å². The van der Waals surface area contributed by atoms with Gasteiger partial charge in [0.1, 0.15) is 0 Å². The third-order valence-electron chi connectivity index (χ3n) is 3.49. The van der Waals surface area contributed by atoms with E-state index in [1.54, 1.807) is 0 Å². The molecule has 5 heteroatoms. The minimum atomic E-state index is -4.25. The molecule has 0 heterocycles. The first kappa shape index (κ1) is 19.3. The lowest BCUT2D eigenvalue weighted by Crippen LogP contribution is -2.38. The van der Waals surface area contributed by atoms with Gasteiger partial charge in [-0.25, -0.2) is 9.18 Å². The van der Waals surface area contributed by atoms with Gasteiger partial charge in [0.2, 0.25) is 0 Å². The highest BCUT2D eigenvalue weighted by Gasteiger charge is 2.47. The summed E-state index contributed by atoms with van der Waals surface area (Å²) in [5.74, 6) is -6.63. The zero-order chi connectivity index (χ0) is 15.4. The van der Waals surface area contributed by atoms with Crippen LogP contribution in [0.2, 0.25) is 0 Å². The SMILES string of the molecule is CCCCCCCCCCCCC(F)C(F)(F)C(=O)O. The van der Waals surface area contributed by atoms with Gasteiger partial charge >= 0.3 is 11.9 Å². The first-order valence-corrected chi connectivity index (χ1v) is 7.68. The van der Waals surface area contributed by atoms with Crippen molar-refractivity contribution in [3.05, 3.63) is 0 Å². The predicted octanol–water partition coefficient (Wildman–Crippen LogP) is 5.36. The smallest absolute Gasteiger partial charge is 0.377 e. The van der Waals surface area contributed by atoms with Crippen molar-refractivity contribution in [3.63, 3.8) is 0 Å². The first-order valence-electron chi connectivity index (χ1n) is 7.68. The summed E-state index contributed by atoms with van der Waals surface area (Å²) in [6.07, 6.45) is 7.33. The number of alkyl halides is 3. The van der Waals surface area contributed by atoms with E-state index >= 15 is 0 Å². The first-order chi connectivity index (χ1) is 9.42. The van der Waals surface area contributed by atoms with Crippen LogP contribution in [0.1, 0.15) is 77.6 Å². The molecule has 0 aromatic carbocycles. The zero-order valence-corrected chi connectivity index (χ0v) is 12.3. The number of rotatable bonds is 13. The van der Waals surface area contributed by atoms with Gasteiger partial charge in [0.05, 0.1) is 0 Å². The number of hydrogen-bond donors (Lipinski definition) is 1. The van der Waals surface area contributed by atoms with Crippen LogP contribution < -0.4 is 0 Å². The third kappa shape index (κ3) is 8.43. The summed E-state index contributed by atoms with van der Waals surface area (Å²) in [6, 6.07) is 0. The van der Waals surface area contributed by atoms with E-state index in [9.17, 15) is 18.0 Å². The standard InChI is InChI=1S/C15H27F3O2/c1-2-3-4-5-6-7-8-9-10-11-12-13(16)15(17,18)14(19)20/h13H,2-12H2,1H3,(H,19,20). The second kappa shape index (κ2) is 11.0. The summed E-state index contributed by atoms with van der Waals surface area (Å²) < 4.78 is 38.5. The second-order valence-corrected chi connectivity index (χ2v) is 5.37. The molecule has 0 amide bonds. The molecule has 0 rings (SSSR count). The fourth-order valence-corrected chi connectivity index (χ4v) is 2.13. The van der Waals surface area contributed by atoms with Gasteiger partial charge in [0.15, 0.2) is 6.17 Å². The van der Waals surface area contributed by atoms with E-state index in [1.165, 1.54) is 32.1 Å². The highest BCUT2D eigenvalue weighted by molar-refractivity contribution is 5.76. The lowest BCUT2D eigenvalue weighted by Gasteiger charge is -2.15. The Kier molecular flexibility index (Phi) is 10.6. The van der Waals surface area contributed by atoms with Crippen LogP contribution in [-0.4, -0.2) is 23.2 Å². The minimum Gasteiger partial charge on any atom is -0.477 e. The van der Waals surface area contributed by atoms with Crippen molar-refractivity contribution in [1.82, 2.24) is 0 Å². The van der Waals surface area contributed by atoms with Crippen LogP contribution in [0.15, 0.2) is 0 Å². The summed E-state index contributed by atoms with van der Waals surface area (Å²) in [4.78, 5) is 10.2. The molecule has 0 aromatic heterocycles. The Morgan fingerprint density at radius 3 is 1.75 bits per heavy atom. The average Bonchev–Trinajstić information content (AvgIpc) is 2.40. The summed E-state index contributed by atoms with van der Waals surface area (Å²) >= 11 is 0. The second-order valence-electron chi connectivity index (χ2n) is 5.37. The fourth-order valence-electron chi connectivity index (χ4n) is 2.13. The van der Waals surface area contributed by atoms with Crippen molar-refractivity contribution < 1.29 is 23.1 Å². The van der Waals surface area contributed by atoms with Crippen LogP contribution in [0, 0.1) is 0 Å². The summed E-state index contributed by atoms with van der Waals surface area (Å²) in [5.41, 5.74) is 0. The fraction of sp³-hybridized carbons (Fsp3) is 0.933. The van der Waals surface area contributed by atoms with Crippen molar-refractivity contribution in [2.75, 3.05) is 0 Å². The Bertz CT molecular complexity index is 258. The summed E-state index contributed by atoms with van der Waals surface area (Å²) in [5, 5.41) is 8.18. The van der Waals surface area contributed by atoms with Gasteiger partial charge in [-0.05, 0) is 6.42 Å². The Labute approximate surface area is 119 Å². The molecular weight excluding hydrogens is 269 g/mol. The average molecular weight is 296 g/mol. The molecule has 0 aromatic rings. The molecule has 0 saturated heterocycles. The quantitative estimate of drug-likeness (QED) is 0.465. The van der Waals surface area contributed by atoms with E-state index in [1.807, 2.05) is 0 Å². The molecule has 1 unspecified atom stereocenters.